The van der Waals surface area contributed by atoms with Crippen LogP contribution in [0.4, 0.5) is 13.2 Å². The van der Waals surface area contributed by atoms with Crippen LogP contribution in [0.5, 0.6) is 0 Å². The zero-order valence-corrected chi connectivity index (χ0v) is 12.9. The molecule has 2 aromatic rings. The molecule has 0 bridgehead atoms. The van der Waals surface area contributed by atoms with Crippen molar-refractivity contribution in [3.63, 3.8) is 0 Å². The van der Waals surface area contributed by atoms with Crippen molar-refractivity contribution in [3.05, 3.63) is 47.8 Å². The van der Waals surface area contributed by atoms with Crippen molar-refractivity contribution in [2.45, 2.75) is 12.6 Å². The van der Waals surface area contributed by atoms with E-state index >= 15 is 0 Å². The first-order chi connectivity index (χ1) is 11.4. The highest BCUT2D eigenvalue weighted by molar-refractivity contribution is 5.92. The monoisotopic (exact) mass is 338 g/mol. The zero-order chi connectivity index (χ0) is 17.2. The van der Waals surface area contributed by atoms with E-state index in [0.717, 1.165) is 31.6 Å². The van der Waals surface area contributed by atoms with Gasteiger partial charge in [0.15, 0.2) is 5.69 Å². The third-order valence-electron chi connectivity index (χ3n) is 3.87. The van der Waals surface area contributed by atoms with Crippen LogP contribution in [0.15, 0.2) is 36.5 Å². The fraction of sp³-hybridized carbons (Fsp3) is 0.375. The lowest BCUT2D eigenvalue weighted by atomic mass is 10.2. The average molecular weight is 338 g/mol. The number of nitrogens with zero attached hydrogens (tertiary/aromatic N) is 3. The predicted molar refractivity (Wildman–Crippen MR) is 82.0 cm³/mol. The fourth-order valence-electron chi connectivity index (χ4n) is 2.62. The van der Waals surface area contributed by atoms with E-state index in [2.05, 4.69) is 10.4 Å². The summed E-state index contributed by atoms with van der Waals surface area (Å²) in [6, 6.07) is 6.38. The number of carbonyl (C=O) groups excluding carboxylic acids is 1. The number of benzene rings is 1. The van der Waals surface area contributed by atoms with E-state index in [1.165, 1.54) is 29.1 Å². The first kappa shape index (κ1) is 16.5. The lowest BCUT2D eigenvalue weighted by Gasteiger charge is -2.18. The summed E-state index contributed by atoms with van der Waals surface area (Å²) in [6.45, 7) is 2.82. The maximum Gasteiger partial charge on any atom is 0.416 e. The van der Waals surface area contributed by atoms with Gasteiger partial charge in [0, 0.05) is 25.8 Å². The lowest BCUT2D eigenvalue weighted by molar-refractivity contribution is -0.137. The number of aromatic nitrogens is 2. The minimum Gasteiger partial charge on any atom is -0.336 e. The van der Waals surface area contributed by atoms with Gasteiger partial charge in [0.25, 0.3) is 5.91 Å². The van der Waals surface area contributed by atoms with Gasteiger partial charge in [-0.3, -0.25) is 4.79 Å². The molecule has 1 saturated heterocycles. The number of halogens is 3. The van der Waals surface area contributed by atoms with Gasteiger partial charge < -0.3 is 10.2 Å². The summed E-state index contributed by atoms with van der Waals surface area (Å²) in [5.41, 5.74) is -0.252. The topological polar surface area (TPSA) is 50.2 Å². The minimum atomic E-state index is -4.42. The van der Waals surface area contributed by atoms with Crippen molar-refractivity contribution >= 4 is 5.91 Å². The number of amides is 1. The zero-order valence-electron chi connectivity index (χ0n) is 12.9. The van der Waals surface area contributed by atoms with Crippen LogP contribution in [0, 0.1) is 0 Å². The van der Waals surface area contributed by atoms with Crippen LogP contribution in [-0.2, 0) is 6.18 Å². The molecule has 1 N–H and O–H groups in total. The highest BCUT2D eigenvalue weighted by atomic mass is 19.4. The molecule has 2 heterocycles. The van der Waals surface area contributed by atoms with Crippen LogP contribution in [0.3, 0.4) is 0 Å². The van der Waals surface area contributed by atoms with E-state index in [9.17, 15) is 18.0 Å². The molecule has 1 fully saturated rings. The smallest absolute Gasteiger partial charge is 0.336 e. The number of alkyl halides is 3. The summed E-state index contributed by atoms with van der Waals surface area (Å²) in [5.74, 6) is -0.204. The van der Waals surface area contributed by atoms with E-state index in [1.807, 2.05) is 0 Å². The molecular formula is C16H17F3N4O. The molecule has 5 nitrogen and oxygen atoms in total. The Balaban J connectivity index is 1.81. The predicted octanol–water partition coefficient (Wildman–Crippen LogP) is 2.33. The van der Waals surface area contributed by atoms with Crippen molar-refractivity contribution in [2.75, 3.05) is 26.2 Å². The van der Waals surface area contributed by atoms with E-state index in [1.54, 1.807) is 4.90 Å². The van der Waals surface area contributed by atoms with Gasteiger partial charge in [-0.1, -0.05) is 6.07 Å². The molecule has 0 unspecified atom stereocenters. The molecule has 128 valence electrons. The van der Waals surface area contributed by atoms with Crippen LogP contribution in [0.2, 0.25) is 0 Å². The Morgan fingerprint density at radius 3 is 2.79 bits per heavy atom. The molecule has 24 heavy (non-hydrogen) atoms. The van der Waals surface area contributed by atoms with Gasteiger partial charge in [0.2, 0.25) is 0 Å². The second-order valence-electron chi connectivity index (χ2n) is 5.59. The molecule has 3 rings (SSSR count). The van der Waals surface area contributed by atoms with E-state index < -0.39 is 11.7 Å². The third-order valence-corrected chi connectivity index (χ3v) is 3.87. The molecule has 1 amide bonds. The van der Waals surface area contributed by atoms with Gasteiger partial charge >= 0.3 is 6.18 Å². The summed E-state index contributed by atoms with van der Waals surface area (Å²) in [7, 11) is 0. The lowest BCUT2D eigenvalue weighted by Crippen LogP contribution is -2.34. The van der Waals surface area contributed by atoms with Gasteiger partial charge in [-0.15, -0.1) is 0 Å². The molecule has 1 aliphatic rings. The molecule has 1 aromatic heterocycles. The standard InChI is InChI=1S/C16H17F3N4O/c17-16(18,19)12-3-1-4-13(11-12)23-9-5-14(21-23)15(24)22-8-2-6-20-7-10-22/h1,3-5,9,11,20H,2,6-8,10H2. The van der Waals surface area contributed by atoms with Crippen molar-refractivity contribution in [2.24, 2.45) is 0 Å². The van der Waals surface area contributed by atoms with E-state index in [4.69, 9.17) is 0 Å². The van der Waals surface area contributed by atoms with Crippen LogP contribution in [0.1, 0.15) is 22.5 Å². The number of rotatable bonds is 2. The van der Waals surface area contributed by atoms with Gasteiger partial charge in [-0.2, -0.15) is 18.3 Å². The first-order valence-corrected chi connectivity index (χ1v) is 7.68. The molecule has 1 aliphatic heterocycles. The highest BCUT2D eigenvalue weighted by Crippen LogP contribution is 2.30. The Hall–Kier alpha value is -2.35. The van der Waals surface area contributed by atoms with Gasteiger partial charge in [0.05, 0.1) is 11.3 Å². The normalized spacial score (nSPS) is 16.0. The fourth-order valence-corrected chi connectivity index (χ4v) is 2.62. The van der Waals surface area contributed by atoms with Crippen LogP contribution < -0.4 is 5.32 Å². The van der Waals surface area contributed by atoms with Crippen molar-refractivity contribution in [3.8, 4) is 5.69 Å². The summed E-state index contributed by atoms with van der Waals surface area (Å²) >= 11 is 0. The highest BCUT2D eigenvalue weighted by Gasteiger charge is 2.30. The largest absolute Gasteiger partial charge is 0.416 e. The van der Waals surface area contributed by atoms with Gasteiger partial charge in [-0.25, -0.2) is 4.68 Å². The van der Waals surface area contributed by atoms with E-state index in [0.29, 0.717) is 13.1 Å². The van der Waals surface area contributed by atoms with Gasteiger partial charge in [0.1, 0.15) is 0 Å². The minimum absolute atomic E-state index is 0.204. The summed E-state index contributed by atoms with van der Waals surface area (Å²) < 4.78 is 39.7. The molecule has 1 aromatic carbocycles. The molecule has 0 atom stereocenters. The second-order valence-corrected chi connectivity index (χ2v) is 5.59. The van der Waals surface area contributed by atoms with Crippen molar-refractivity contribution in [1.82, 2.24) is 20.0 Å². The van der Waals surface area contributed by atoms with Crippen molar-refractivity contribution in [1.29, 1.82) is 0 Å². The van der Waals surface area contributed by atoms with Crippen LogP contribution in [0.25, 0.3) is 5.69 Å². The van der Waals surface area contributed by atoms with E-state index in [-0.39, 0.29) is 17.3 Å². The maximum atomic E-state index is 12.8. The number of hydrogen-bond donors (Lipinski definition) is 1. The molecule has 0 saturated carbocycles. The van der Waals surface area contributed by atoms with Gasteiger partial charge in [-0.05, 0) is 37.2 Å². The Labute approximate surface area is 137 Å². The second kappa shape index (κ2) is 6.64. The number of nitrogens with one attached hydrogen (secondary N) is 1. The van der Waals surface area contributed by atoms with Crippen LogP contribution >= 0.6 is 0 Å². The average Bonchev–Trinajstić information content (AvgIpc) is 2.89. The molecule has 8 heteroatoms. The first-order valence-electron chi connectivity index (χ1n) is 7.68. The van der Waals surface area contributed by atoms with Crippen LogP contribution in [-0.4, -0.2) is 46.8 Å². The number of carbonyl (C=O) groups is 1. The van der Waals surface area contributed by atoms with Crippen molar-refractivity contribution < 1.29 is 18.0 Å². The summed E-state index contributed by atoms with van der Waals surface area (Å²) in [6.07, 6.45) is -2.06. The molecule has 0 radical (unpaired) electrons. The Morgan fingerprint density at radius 1 is 1.17 bits per heavy atom. The maximum absolute atomic E-state index is 12.8. The Kier molecular flexibility index (Phi) is 4.57. The molecule has 0 aliphatic carbocycles. The SMILES string of the molecule is O=C(c1ccn(-c2cccc(C(F)(F)F)c2)n1)N1CCCNCC1. The summed E-state index contributed by atoms with van der Waals surface area (Å²) in [4.78, 5) is 14.2. The number of hydrogen-bond acceptors (Lipinski definition) is 3. The third kappa shape index (κ3) is 3.59. The molecular weight excluding hydrogens is 321 g/mol. The summed E-state index contributed by atoms with van der Waals surface area (Å²) in [5, 5.41) is 7.36. The quantitative estimate of drug-likeness (QED) is 0.914. The Bertz CT molecular complexity index is 718. The Morgan fingerprint density at radius 2 is 2.00 bits per heavy atom. The molecule has 0 spiro atoms.